The Morgan fingerprint density at radius 3 is 2.84 bits per heavy atom. The van der Waals surface area contributed by atoms with E-state index in [1.807, 2.05) is 12.3 Å². The fraction of sp³-hybridized carbons (Fsp3) is 0.286. The first-order chi connectivity index (χ1) is 9.13. The molecule has 100 valence electrons. The van der Waals surface area contributed by atoms with Crippen molar-refractivity contribution in [1.82, 2.24) is 4.57 Å². The number of amides is 1. The molecule has 0 N–H and O–H groups in total. The number of halogens is 1. The van der Waals surface area contributed by atoms with Gasteiger partial charge in [-0.05, 0) is 25.5 Å². The smallest absolute Gasteiger partial charge is 0.281 e. The van der Waals surface area contributed by atoms with E-state index in [2.05, 4.69) is 16.5 Å². The molecule has 2 aromatic rings. The molecule has 19 heavy (non-hydrogen) atoms. The lowest BCUT2D eigenvalue weighted by atomic mass is 10.2. The zero-order valence-corrected chi connectivity index (χ0v) is 12.5. The van der Waals surface area contributed by atoms with Crippen LogP contribution in [0.3, 0.4) is 0 Å². The van der Waals surface area contributed by atoms with E-state index in [1.54, 1.807) is 24.3 Å². The van der Waals surface area contributed by atoms with E-state index in [0.29, 0.717) is 10.6 Å². The molecule has 1 amide bonds. The minimum absolute atomic E-state index is 0.294. The topological polar surface area (TPSA) is 34.4 Å². The normalized spacial score (nSPS) is 11.8. The van der Waals surface area contributed by atoms with Crippen LogP contribution >= 0.6 is 22.9 Å². The number of rotatable bonds is 3. The number of carbonyl (C=O) groups is 1. The van der Waals surface area contributed by atoms with Gasteiger partial charge in [0.2, 0.25) is 0 Å². The van der Waals surface area contributed by atoms with Crippen molar-refractivity contribution in [3.63, 3.8) is 0 Å². The summed E-state index contributed by atoms with van der Waals surface area (Å²) in [7, 11) is 0. The molecule has 0 aliphatic rings. The van der Waals surface area contributed by atoms with Gasteiger partial charge in [0.25, 0.3) is 5.91 Å². The molecule has 5 heteroatoms. The van der Waals surface area contributed by atoms with Crippen molar-refractivity contribution in [2.24, 2.45) is 4.99 Å². The highest BCUT2D eigenvalue weighted by Gasteiger charge is 2.09. The molecule has 0 unspecified atom stereocenters. The first-order valence-corrected chi connectivity index (χ1v) is 7.37. The average Bonchev–Trinajstić information content (AvgIpc) is 2.72. The average molecular weight is 295 g/mol. The number of thiazole rings is 1. The van der Waals surface area contributed by atoms with Gasteiger partial charge in [0.05, 0.1) is 10.6 Å². The van der Waals surface area contributed by atoms with Crippen molar-refractivity contribution in [3.05, 3.63) is 50.7 Å². The Morgan fingerprint density at radius 2 is 2.16 bits per heavy atom. The Labute approximate surface area is 121 Å². The van der Waals surface area contributed by atoms with Crippen molar-refractivity contribution in [3.8, 4) is 0 Å². The van der Waals surface area contributed by atoms with E-state index in [4.69, 9.17) is 11.6 Å². The van der Waals surface area contributed by atoms with Gasteiger partial charge in [-0.1, -0.05) is 30.7 Å². The third kappa shape index (κ3) is 3.14. The number of aromatic nitrogens is 1. The van der Waals surface area contributed by atoms with Crippen molar-refractivity contribution in [2.45, 2.75) is 26.8 Å². The molecule has 0 radical (unpaired) electrons. The molecule has 1 heterocycles. The first kappa shape index (κ1) is 14.0. The van der Waals surface area contributed by atoms with Gasteiger partial charge in [-0.25, -0.2) is 0 Å². The highest BCUT2D eigenvalue weighted by Crippen LogP contribution is 2.15. The van der Waals surface area contributed by atoms with Gasteiger partial charge >= 0.3 is 0 Å². The molecule has 0 atom stereocenters. The lowest BCUT2D eigenvalue weighted by molar-refractivity contribution is 0.0998. The van der Waals surface area contributed by atoms with Gasteiger partial charge in [-0.15, -0.1) is 11.3 Å². The Morgan fingerprint density at radius 1 is 1.42 bits per heavy atom. The number of benzene rings is 1. The Kier molecular flexibility index (Phi) is 4.56. The van der Waals surface area contributed by atoms with Gasteiger partial charge in [0.15, 0.2) is 4.80 Å². The second kappa shape index (κ2) is 6.17. The van der Waals surface area contributed by atoms with E-state index in [0.717, 1.165) is 23.5 Å². The van der Waals surface area contributed by atoms with Gasteiger partial charge in [-0.2, -0.15) is 4.99 Å². The molecule has 0 bridgehead atoms. The van der Waals surface area contributed by atoms with Gasteiger partial charge in [-0.3, -0.25) is 4.79 Å². The summed E-state index contributed by atoms with van der Waals surface area (Å²) in [5.41, 5.74) is 1.57. The molecule has 1 aromatic carbocycles. The number of nitrogens with zero attached hydrogens (tertiary/aromatic N) is 2. The maximum Gasteiger partial charge on any atom is 0.281 e. The second-order valence-electron chi connectivity index (χ2n) is 4.21. The molecule has 0 aliphatic heterocycles. The van der Waals surface area contributed by atoms with Crippen LogP contribution in [0.2, 0.25) is 5.02 Å². The zero-order valence-electron chi connectivity index (χ0n) is 10.9. The van der Waals surface area contributed by atoms with E-state index >= 15 is 0 Å². The lowest BCUT2D eigenvalue weighted by Crippen LogP contribution is -2.18. The summed E-state index contributed by atoms with van der Waals surface area (Å²) in [4.78, 5) is 17.1. The van der Waals surface area contributed by atoms with Gasteiger partial charge in [0.1, 0.15) is 0 Å². The summed E-state index contributed by atoms with van der Waals surface area (Å²) in [5.74, 6) is -0.294. The summed E-state index contributed by atoms with van der Waals surface area (Å²) >= 11 is 7.48. The zero-order chi connectivity index (χ0) is 13.8. The monoisotopic (exact) mass is 294 g/mol. The van der Waals surface area contributed by atoms with E-state index < -0.39 is 0 Å². The predicted octanol–water partition coefficient (Wildman–Crippen LogP) is 3.66. The Bertz CT molecular complexity index is 657. The minimum Gasteiger partial charge on any atom is -0.321 e. The molecular weight excluding hydrogens is 280 g/mol. The summed E-state index contributed by atoms with van der Waals surface area (Å²) in [6.45, 7) is 4.99. The molecule has 0 saturated carbocycles. The molecular formula is C14H15ClN2OS. The number of aryl methyl sites for hydroxylation is 1. The third-order valence-corrected chi connectivity index (χ3v) is 4.05. The largest absolute Gasteiger partial charge is 0.321 e. The van der Waals surface area contributed by atoms with Crippen LogP contribution in [-0.2, 0) is 6.54 Å². The van der Waals surface area contributed by atoms with Crippen LogP contribution in [0.15, 0.2) is 34.6 Å². The predicted molar refractivity (Wildman–Crippen MR) is 78.7 cm³/mol. The first-order valence-electron chi connectivity index (χ1n) is 6.12. The number of hydrogen-bond donors (Lipinski definition) is 0. The third-order valence-electron chi connectivity index (χ3n) is 2.74. The summed E-state index contributed by atoms with van der Waals surface area (Å²) in [6.07, 6.45) is 1.01. The van der Waals surface area contributed by atoms with Crippen LogP contribution < -0.4 is 4.80 Å². The van der Waals surface area contributed by atoms with Crippen molar-refractivity contribution >= 4 is 28.8 Å². The van der Waals surface area contributed by atoms with E-state index in [1.165, 1.54) is 11.3 Å². The highest BCUT2D eigenvalue weighted by molar-refractivity contribution is 7.07. The summed E-state index contributed by atoms with van der Waals surface area (Å²) < 4.78 is 2.05. The highest BCUT2D eigenvalue weighted by atomic mass is 35.5. The maximum absolute atomic E-state index is 12.1. The number of hydrogen-bond acceptors (Lipinski definition) is 2. The van der Waals surface area contributed by atoms with Crippen LogP contribution in [0, 0.1) is 6.92 Å². The van der Waals surface area contributed by atoms with Crippen molar-refractivity contribution in [1.29, 1.82) is 0 Å². The molecule has 0 fully saturated rings. The fourth-order valence-corrected chi connectivity index (χ4v) is 2.90. The van der Waals surface area contributed by atoms with Crippen LogP contribution in [0.1, 0.15) is 29.4 Å². The fourth-order valence-electron chi connectivity index (χ4n) is 1.78. The molecule has 3 nitrogen and oxygen atoms in total. The molecule has 0 saturated heterocycles. The standard InChI is InChI=1S/C14H15ClN2OS/c1-3-8-17-10(2)9-19-14(17)16-13(18)11-6-4-5-7-12(11)15/h4-7,9H,3,8H2,1-2H3. The molecule has 2 rings (SSSR count). The Balaban J connectivity index is 2.42. The van der Waals surface area contributed by atoms with E-state index in [-0.39, 0.29) is 5.91 Å². The maximum atomic E-state index is 12.1. The van der Waals surface area contributed by atoms with Crippen molar-refractivity contribution in [2.75, 3.05) is 0 Å². The van der Waals surface area contributed by atoms with Crippen LogP contribution in [-0.4, -0.2) is 10.5 Å². The quantitative estimate of drug-likeness (QED) is 0.850. The molecule has 0 spiro atoms. The van der Waals surface area contributed by atoms with Crippen LogP contribution in [0.4, 0.5) is 0 Å². The summed E-state index contributed by atoms with van der Waals surface area (Å²) in [5, 5.41) is 2.44. The van der Waals surface area contributed by atoms with Gasteiger partial charge < -0.3 is 4.57 Å². The molecule has 0 aliphatic carbocycles. The SMILES string of the molecule is CCCn1c(C)csc1=NC(=O)c1ccccc1Cl. The summed E-state index contributed by atoms with van der Waals surface area (Å²) in [6, 6.07) is 6.98. The Hall–Kier alpha value is -1.39. The van der Waals surface area contributed by atoms with E-state index in [9.17, 15) is 4.79 Å². The van der Waals surface area contributed by atoms with Crippen molar-refractivity contribution < 1.29 is 4.79 Å². The molecule has 1 aromatic heterocycles. The minimum atomic E-state index is -0.294. The van der Waals surface area contributed by atoms with Crippen LogP contribution in [0.25, 0.3) is 0 Å². The second-order valence-corrected chi connectivity index (χ2v) is 5.45. The van der Waals surface area contributed by atoms with Crippen LogP contribution in [0.5, 0.6) is 0 Å². The number of carbonyl (C=O) groups excluding carboxylic acids is 1. The van der Waals surface area contributed by atoms with Gasteiger partial charge in [0, 0.05) is 17.6 Å². The lowest BCUT2D eigenvalue weighted by Gasteiger charge is -2.03.